The first-order valence-corrected chi connectivity index (χ1v) is 4.86. The zero-order valence-electron chi connectivity index (χ0n) is 8.45. The Bertz CT molecular complexity index is 336. The van der Waals surface area contributed by atoms with Crippen molar-refractivity contribution < 1.29 is 13.9 Å². The van der Waals surface area contributed by atoms with E-state index in [1.165, 1.54) is 7.11 Å². The predicted molar refractivity (Wildman–Crippen MR) is 50.9 cm³/mol. The molecule has 3 nitrogen and oxygen atoms in total. The zero-order chi connectivity index (χ0) is 10.1. The molecule has 14 heavy (non-hydrogen) atoms. The molecular formula is C11H14O3. The van der Waals surface area contributed by atoms with Gasteiger partial charge in [-0.1, -0.05) is 0 Å². The van der Waals surface area contributed by atoms with Crippen molar-refractivity contribution in [1.82, 2.24) is 0 Å². The monoisotopic (exact) mass is 194 g/mol. The Balaban J connectivity index is 2.22. The Morgan fingerprint density at radius 3 is 2.71 bits per heavy atom. The minimum absolute atomic E-state index is 0.179. The fourth-order valence-electron chi connectivity index (χ4n) is 1.72. The molecule has 0 radical (unpaired) electrons. The van der Waals surface area contributed by atoms with Gasteiger partial charge in [0.15, 0.2) is 0 Å². The van der Waals surface area contributed by atoms with Gasteiger partial charge >= 0.3 is 5.97 Å². The summed E-state index contributed by atoms with van der Waals surface area (Å²) in [5.41, 5.74) is 0. The van der Waals surface area contributed by atoms with E-state index in [1.807, 2.05) is 19.1 Å². The standard InChI is InChI=1S/C11H14O3/c1-7-3-6-9(14-7)10(8-4-5-8)11(12)13-2/h3,6,8,10H,4-5H2,1-2H3. The highest BCUT2D eigenvalue weighted by Gasteiger charge is 2.39. The highest BCUT2D eigenvalue weighted by Crippen LogP contribution is 2.43. The molecule has 0 aliphatic heterocycles. The number of esters is 1. The lowest BCUT2D eigenvalue weighted by Crippen LogP contribution is -2.15. The maximum Gasteiger partial charge on any atom is 0.316 e. The molecule has 0 amide bonds. The zero-order valence-corrected chi connectivity index (χ0v) is 8.45. The Morgan fingerprint density at radius 1 is 1.57 bits per heavy atom. The van der Waals surface area contributed by atoms with Crippen LogP contribution < -0.4 is 0 Å². The summed E-state index contributed by atoms with van der Waals surface area (Å²) in [6.45, 7) is 1.88. The Hall–Kier alpha value is -1.25. The van der Waals surface area contributed by atoms with E-state index in [4.69, 9.17) is 9.15 Å². The minimum Gasteiger partial charge on any atom is -0.468 e. The van der Waals surface area contributed by atoms with Crippen LogP contribution in [0.4, 0.5) is 0 Å². The van der Waals surface area contributed by atoms with E-state index in [1.54, 1.807) is 0 Å². The van der Waals surface area contributed by atoms with E-state index >= 15 is 0 Å². The average molecular weight is 194 g/mol. The quantitative estimate of drug-likeness (QED) is 0.693. The molecule has 1 aromatic rings. The van der Waals surface area contributed by atoms with Gasteiger partial charge in [-0.2, -0.15) is 0 Å². The van der Waals surface area contributed by atoms with Crippen LogP contribution in [0.2, 0.25) is 0 Å². The van der Waals surface area contributed by atoms with Crippen molar-refractivity contribution >= 4 is 5.97 Å². The van der Waals surface area contributed by atoms with E-state index in [0.29, 0.717) is 5.92 Å². The van der Waals surface area contributed by atoms with Crippen molar-refractivity contribution in [2.75, 3.05) is 7.11 Å². The van der Waals surface area contributed by atoms with E-state index in [-0.39, 0.29) is 11.9 Å². The predicted octanol–water partition coefficient (Wildman–Crippen LogP) is 2.25. The van der Waals surface area contributed by atoms with Gasteiger partial charge in [-0.15, -0.1) is 0 Å². The van der Waals surface area contributed by atoms with Gasteiger partial charge in [-0.3, -0.25) is 4.79 Å². The van der Waals surface area contributed by atoms with Crippen LogP contribution in [0, 0.1) is 12.8 Å². The first-order valence-electron chi connectivity index (χ1n) is 4.86. The fraction of sp³-hybridized carbons (Fsp3) is 0.545. The van der Waals surface area contributed by atoms with Gasteiger partial charge < -0.3 is 9.15 Å². The molecule has 3 heteroatoms. The third kappa shape index (κ3) is 1.67. The van der Waals surface area contributed by atoms with Crippen molar-refractivity contribution in [3.8, 4) is 0 Å². The molecule has 2 rings (SSSR count). The third-order valence-corrected chi connectivity index (χ3v) is 2.62. The van der Waals surface area contributed by atoms with Crippen molar-refractivity contribution in [3.05, 3.63) is 23.7 Å². The maximum atomic E-state index is 11.5. The molecular weight excluding hydrogens is 180 g/mol. The second-order valence-electron chi connectivity index (χ2n) is 3.79. The summed E-state index contributed by atoms with van der Waals surface area (Å²) in [6.07, 6.45) is 2.19. The first-order chi connectivity index (χ1) is 6.72. The molecule has 0 bridgehead atoms. The van der Waals surface area contributed by atoms with Gasteiger partial charge in [0, 0.05) is 0 Å². The highest BCUT2D eigenvalue weighted by molar-refractivity contribution is 5.78. The van der Waals surface area contributed by atoms with Crippen LogP contribution in [0.3, 0.4) is 0 Å². The SMILES string of the molecule is COC(=O)C(c1ccc(C)o1)C1CC1. The number of furan rings is 1. The summed E-state index contributed by atoms with van der Waals surface area (Å²) >= 11 is 0. The van der Waals surface area contributed by atoms with Crippen LogP contribution in [0.15, 0.2) is 16.5 Å². The van der Waals surface area contributed by atoms with Crippen LogP contribution in [0.25, 0.3) is 0 Å². The van der Waals surface area contributed by atoms with E-state index in [0.717, 1.165) is 24.4 Å². The van der Waals surface area contributed by atoms with Crippen LogP contribution in [0.5, 0.6) is 0 Å². The van der Waals surface area contributed by atoms with Gasteiger partial charge in [-0.05, 0) is 37.8 Å². The summed E-state index contributed by atoms with van der Waals surface area (Å²) < 4.78 is 10.2. The number of hydrogen-bond acceptors (Lipinski definition) is 3. The summed E-state index contributed by atoms with van der Waals surface area (Å²) in [5.74, 6) is 1.65. The normalized spacial score (nSPS) is 17.9. The van der Waals surface area contributed by atoms with Crippen LogP contribution in [-0.2, 0) is 9.53 Å². The van der Waals surface area contributed by atoms with E-state index in [9.17, 15) is 4.79 Å². The molecule has 1 heterocycles. The Morgan fingerprint density at radius 2 is 2.29 bits per heavy atom. The fourth-order valence-corrected chi connectivity index (χ4v) is 1.72. The Labute approximate surface area is 83.0 Å². The molecule has 0 aromatic carbocycles. The molecule has 1 aromatic heterocycles. The van der Waals surface area contributed by atoms with E-state index < -0.39 is 0 Å². The molecule has 0 N–H and O–H groups in total. The number of rotatable bonds is 3. The topological polar surface area (TPSA) is 39.4 Å². The number of carbonyl (C=O) groups excluding carboxylic acids is 1. The molecule has 1 saturated carbocycles. The lowest BCUT2D eigenvalue weighted by Gasteiger charge is -2.10. The van der Waals surface area contributed by atoms with Gasteiger partial charge in [0.1, 0.15) is 17.4 Å². The molecule has 1 fully saturated rings. The third-order valence-electron chi connectivity index (χ3n) is 2.62. The number of carbonyl (C=O) groups is 1. The molecule has 0 spiro atoms. The first kappa shape index (κ1) is 9.31. The number of methoxy groups -OCH3 is 1. The number of aryl methyl sites for hydroxylation is 1. The van der Waals surface area contributed by atoms with Crippen molar-refractivity contribution in [2.24, 2.45) is 5.92 Å². The largest absolute Gasteiger partial charge is 0.468 e. The summed E-state index contributed by atoms with van der Waals surface area (Å²) in [6, 6.07) is 3.75. The molecule has 1 aliphatic rings. The lowest BCUT2D eigenvalue weighted by molar-refractivity contribution is -0.143. The van der Waals surface area contributed by atoms with Gasteiger partial charge in [0.05, 0.1) is 7.11 Å². The molecule has 0 saturated heterocycles. The van der Waals surface area contributed by atoms with Gasteiger partial charge in [0.25, 0.3) is 0 Å². The highest BCUT2D eigenvalue weighted by atomic mass is 16.5. The average Bonchev–Trinajstić information content (AvgIpc) is 2.90. The van der Waals surface area contributed by atoms with Gasteiger partial charge in [0.2, 0.25) is 0 Å². The van der Waals surface area contributed by atoms with Crippen molar-refractivity contribution in [3.63, 3.8) is 0 Å². The van der Waals surface area contributed by atoms with Crippen LogP contribution in [-0.4, -0.2) is 13.1 Å². The van der Waals surface area contributed by atoms with Gasteiger partial charge in [-0.25, -0.2) is 0 Å². The minimum atomic E-state index is -0.186. The molecule has 1 atom stereocenters. The van der Waals surface area contributed by atoms with Crippen LogP contribution in [0.1, 0.15) is 30.3 Å². The maximum absolute atomic E-state index is 11.5. The molecule has 76 valence electrons. The summed E-state index contributed by atoms with van der Waals surface area (Å²) in [4.78, 5) is 11.5. The van der Waals surface area contributed by atoms with Crippen molar-refractivity contribution in [2.45, 2.75) is 25.7 Å². The molecule has 1 unspecified atom stereocenters. The second-order valence-corrected chi connectivity index (χ2v) is 3.79. The summed E-state index contributed by atoms with van der Waals surface area (Å²) in [5, 5.41) is 0. The lowest BCUT2D eigenvalue weighted by atomic mass is 10.0. The van der Waals surface area contributed by atoms with Crippen LogP contribution >= 0.6 is 0 Å². The number of ether oxygens (including phenoxy) is 1. The van der Waals surface area contributed by atoms with E-state index in [2.05, 4.69) is 0 Å². The van der Waals surface area contributed by atoms with Crippen molar-refractivity contribution in [1.29, 1.82) is 0 Å². The Kier molecular flexibility index (Phi) is 2.32. The second kappa shape index (κ2) is 3.48. The molecule has 1 aliphatic carbocycles. The summed E-state index contributed by atoms with van der Waals surface area (Å²) in [7, 11) is 1.42. The smallest absolute Gasteiger partial charge is 0.316 e. The number of hydrogen-bond donors (Lipinski definition) is 0.